The van der Waals surface area contributed by atoms with Crippen molar-refractivity contribution < 1.29 is 28.6 Å². The fraction of sp³-hybridized carbons (Fsp3) is 0.732. The molecule has 0 saturated heterocycles. The maximum atomic E-state index is 12.8. The van der Waals surface area contributed by atoms with Gasteiger partial charge in [0.05, 0.1) is 6.42 Å². The minimum atomic E-state index is -0.825. The fourth-order valence-corrected chi connectivity index (χ4v) is 7.08. The van der Waals surface area contributed by atoms with Gasteiger partial charge in [-0.15, -0.1) is 0 Å². The van der Waals surface area contributed by atoms with Gasteiger partial charge in [0.2, 0.25) is 0 Å². The van der Waals surface area contributed by atoms with Crippen molar-refractivity contribution in [2.75, 3.05) is 13.2 Å². The van der Waals surface area contributed by atoms with Crippen molar-refractivity contribution in [2.24, 2.45) is 0 Å². The Labute approximate surface area is 382 Å². The van der Waals surface area contributed by atoms with Gasteiger partial charge in [0.15, 0.2) is 6.10 Å². The van der Waals surface area contributed by atoms with Crippen molar-refractivity contribution in [2.45, 2.75) is 252 Å². The van der Waals surface area contributed by atoms with Gasteiger partial charge in [-0.05, 0) is 83.5 Å². The molecule has 0 amide bonds. The van der Waals surface area contributed by atoms with E-state index in [9.17, 15) is 14.4 Å². The first-order chi connectivity index (χ1) is 30.5. The van der Waals surface area contributed by atoms with Crippen LogP contribution in [0.4, 0.5) is 0 Å². The van der Waals surface area contributed by atoms with E-state index in [1.54, 1.807) is 6.08 Å². The molecule has 0 N–H and O–H groups in total. The maximum absolute atomic E-state index is 12.8. The summed E-state index contributed by atoms with van der Waals surface area (Å²) in [4.78, 5) is 37.8. The summed E-state index contributed by atoms with van der Waals surface area (Å²) >= 11 is 0. The molecule has 6 heteroatoms. The number of esters is 3. The van der Waals surface area contributed by atoms with Gasteiger partial charge in [0, 0.05) is 12.8 Å². The minimum absolute atomic E-state index is 0.115. The molecule has 0 rings (SSSR count). The van der Waals surface area contributed by atoms with Gasteiger partial charge >= 0.3 is 17.9 Å². The third kappa shape index (κ3) is 47.9. The van der Waals surface area contributed by atoms with Crippen molar-refractivity contribution >= 4 is 17.9 Å². The largest absolute Gasteiger partial charge is 0.462 e. The molecule has 0 bridgehead atoms. The molecule has 1 atom stereocenters. The molecule has 0 aromatic heterocycles. The quantitative estimate of drug-likeness (QED) is 0.0199. The highest BCUT2D eigenvalue weighted by Crippen LogP contribution is 2.14. The molecule has 0 aliphatic carbocycles. The van der Waals surface area contributed by atoms with E-state index >= 15 is 0 Å². The number of hydrogen-bond donors (Lipinski definition) is 0. The van der Waals surface area contributed by atoms with Crippen LogP contribution in [0.1, 0.15) is 245 Å². The summed E-state index contributed by atoms with van der Waals surface area (Å²) in [7, 11) is 0. The Morgan fingerprint density at radius 2 is 0.742 bits per heavy atom. The molecular weight excluding hydrogens is 769 g/mol. The highest BCUT2D eigenvalue weighted by molar-refractivity contribution is 5.72. The molecule has 6 nitrogen and oxygen atoms in total. The average molecular weight is 865 g/mol. The van der Waals surface area contributed by atoms with E-state index < -0.39 is 12.1 Å². The number of rotatable bonds is 46. The second-order valence-corrected chi connectivity index (χ2v) is 17.1. The number of ether oxygens (including phenoxy) is 3. The summed E-state index contributed by atoms with van der Waals surface area (Å²) in [5.41, 5.74) is 0. The zero-order valence-corrected chi connectivity index (χ0v) is 40.6. The number of unbranched alkanes of at least 4 members (excludes halogenated alkanes) is 25. The van der Waals surface area contributed by atoms with Crippen LogP contribution in [-0.4, -0.2) is 37.2 Å². The Kier molecular flexibility index (Phi) is 47.9. The van der Waals surface area contributed by atoms with Crippen LogP contribution in [0.25, 0.3) is 0 Å². The van der Waals surface area contributed by atoms with E-state index in [1.807, 2.05) is 6.08 Å². The summed E-state index contributed by atoms with van der Waals surface area (Å²) in [6.45, 7) is 6.39. The molecular formula is C56H96O6. The van der Waals surface area contributed by atoms with E-state index in [2.05, 4.69) is 81.5 Å². The van der Waals surface area contributed by atoms with Crippen molar-refractivity contribution in [1.82, 2.24) is 0 Å². The predicted molar refractivity (Wildman–Crippen MR) is 265 cm³/mol. The van der Waals surface area contributed by atoms with E-state index in [1.165, 1.54) is 135 Å². The average Bonchev–Trinajstić information content (AvgIpc) is 3.27. The zero-order chi connectivity index (χ0) is 45.1. The number of allylic oxidation sites excluding steroid dienone is 11. The Morgan fingerprint density at radius 1 is 0.371 bits per heavy atom. The van der Waals surface area contributed by atoms with E-state index in [0.29, 0.717) is 6.42 Å². The second kappa shape index (κ2) is 50.5. The molecule has 0 saturated carbocycles. The van der Waals surface area contributed by atoms with Gasteiger partial charge in [-0.25, -0.2) is 0 Å². The lowest BCUT2D eigenvalue weighted by Crippen LogP contribution is -2.30. The van der Waals surface area contributed by atoms with Gasteiger partial charge in [-0.1, -0.05) is 216 Å². The van der Waals surface area contributed by atoms with E-state index in [-0.39, 0.29) is 38.0 Å². The Bertz CT molecular complexity index is 1180. The monoisotopic (exact) mass is 865 g/mol. The molecule has 0 aliphatic rings. The topological polar surface area (TPSA) is 78.9 Å². The fourth-order valence-electron chi connectivity index (χ4n) is 7.08. The highest BCUT2D eigenvalue weighted by Gasteiger charge is 2.19. The van der Waals surface area contributed by atoms with Crippen LogP contribution in [0.5, 0.6) is 0 Å². The van der Waals surface area contributed by atoms with Crippen molar-refractivity contribution in [3.05, 3.63) is 72.9 Å². The van der Waals surface area contributed by atoms with E-state index in [4.69, 9.17) is 14.2 Å². The normalized spacial score (nSPS) is 12.6. The lowest BCUT2D eigenvalue weighted by Gasteiger charge is -2.18. The first-order valence-electron chi connectivity index (χ1n) is 26.0. The Morgan fingerprint density at radius 3 is 1.23 bits per heavy atom. The van der Waals surface area contributed by atoms with Crippen molar-refractivity contribution in [3.8, 4) is 0 Å². The SMILES string of the molecule is CC/C=C\C/C=C\C/C=C\CC(=O)OCC(COC(=O)CCCCCCCCC/C=C\CCCCCCCCCC)OC(=O)CCCCC/C=C\C=C/CCCCCCCCC. The van der Waals surface area contributed by atoms with Crippen LogP contribution in [-0.2, 0) is 28.6 Å². The lowest BCUT2D eigenvalue weighted by molar-refractivity contribution is -0.166. The van der Waals surface area contributed by atoms with Crippen LogP contribution >= 0.6 is 0 Å². The van der Waals surface area contributed by atoms with Gasteiger partial charge in [-0.3, -0.25) is 14.4 Å². The third-order valence-corrected chi connectivity index (χ3v) is 11.0. The summed E-state index contributed by atoms with van der Waals surface area (Å²) in [6, 6.07) is 0. The lowest BCUT2D eigenvalue weighted by atomic mass is 10.1. The van der Waals surface area contributed by atoms with Crippen LogP contribution in [0.2, 0.25) is 0 Å². The Balaban J connectivity index is 4.39. The Hall–Kier alpha value is -3.15. The predicted octanol–water partition coefficient (Wildman–Crippen LogP) is 17.0. The standard InChI is InChI=1S/C56H96O6/c1-4-7-10-13-16-19-21-23-25-27-28-29-31-32-34-37-40-43-46-49-55(58)61-52-53(51-60-54(57)48-45-42-39-36-18-15-12-9-6-3)62-56(59)50-47-44-41-38-35-33-30-26-24-22-20-17-14-11-8-5-2/h9,12,18,26-28,30,33,35-36,42,45,53H,4-8,10-11,13-17,19-25,29,31-32,34,37-41,43-44,46-52H2,1-3H3/b12-9-,28-27-,30-26-,35-33-,36-18-,45-42-. The zero-order valence-electron chi connectivity index (χ0n) is 40.6. The van der Waals surface area contributed by atoms with Crippen LogP contribution in [0, 0.1) is 0 Å². The van der Waals surface area contributed by atoms with Crippen LogP contribution in [0.3, 0.4) is 0 Å². The molecule has 0 heterocycles. The van der Waals surface area contributed by atoms with Crippen LogP contribution < -0.4 is 0 Å². The smallest absolute Gasteiger partial charge is 0.309 e. The molecule has 0 aromatic rings. The number of carbonyl (C=O) groups is 3. The summed E-state index contributed by atoms with van der Waals surface area (Å²) in [6.07, 6.45) is 63.6. The molecule has 62 heavy (non-hydrogen) atoms. The first-order valence-corrected chi connectivity index (χ1v) is 26.0. The number of carbonyl (C=O) groups excluding carboxylic acids is 3. The molecule has 0 aliphatic heterocycles. The summed E-state index contributed by atoms with van der Waals surface area (Å²) < 4.78 is 16.6. The van der Waals surface area contributed by atoms with Crippen LogP contribution in [0.15, 0.2) is 72.9 Å². The molecule has 0 radical (unpaired) electrons. The molecule has 356 valence electrons. The maximum Gasteiger partial charge on any atom is 0.309 e. The van der Waals surface area contributed by atoms with Gasteiger partial charge in [0.25, 0.3) is 0 Å². The van der Waals surface area contributed by atoms with Crippen molar-refractivity contribution in [1.29, 1.82) is 0 Å². The van der Waals surface area contributed by atoms with E-state index in [0.717, 1.165) is 70.6 Å². The van der Waals surface area contributed by atoms with Crippen molar-refractivity contribution in [3.63, 3.8) is 0 Å². The highest BCUT2D eigenvalue weighted by atomic mass is 16.6. The van der Waals surface area contributed by atoms with Gasteiger partial charge < -0.3 is 14.2 Å². The molecule has 0 aromatic carbocycles. The first kappa shape index (κ1) is 58.9. The second-order valence-electron chi connectivity index (χ2n) is 17.1. The third-order valence-electron chi connectivity index (χ3n) is 11.0. The summed E-state index contributed by atoms with van der Waals surface area (Å²) in [5, 5.41) is 0. The number of hydrogen-bond acceptors (Lipinski definition) is 6. The van der Waals surface area contributed by atoms with Gasteiger partial charge in [0.1, 0.15) is 13.2 Å². The molecule has 0 spiro atoms. The molecule has 0 fully saturated rings. The molecule has 1 unspecified atom stereocenters. The minimum Gasteiger partial charge on any atom is -0.462 e. The van der Waals surface area contributed by atoms with Gasteiger partial charge in [-0.2, -0.15) is 0 Å². The summed E-state index contributed by atoms with van der Waals surface area (Å²) in [5.74, 6) is -1.08.